The van der Waals surface area contributed by atoms with E-state index in [2.05, 4.69) is 44.0 Å². The Balaban J connectivity index is 1.76. The summed E-state index contributed by atoms with van der Waals surface area (Å²) < 4.78 is 0. The van der Waals surface area contributed by atoms with Crippen LogP contribution in [-0.2, 0) is 16.0 Å². The average molecular weight is 444 g/mol. The smallest absolute Gasteiger partial charge is 0.335 e. The summed E-state index contributed by atoms with van der Waals surface area (Å²) in [6.45, 7) is 11.4. The van der Waals surface area contributed by atoms with Crippen molar-refractivity contribution in [3.8, 4) is 0 Å². The molecule has 4 rings (SSSR count). The van der Waals surface area contributed by atoms with Crippen molar-refractivity contribution in [3.05, 3.63) is 70.8 Å². The monoisotopic (exact) mass is 443 g/mol. The van der Waals surface area contributed by atoms with Crippen LogP contribution in [-0.4, -0.2) is 29.9 Å². The highest BCUT2D eigenvalue weighted by Gasteiger charge is 2.37. The molecule has 170 valence electrons. The van der Waals surface area contributed by atoms with E-state index in [0.29, 0.717) is 12.1 Å². The van der Waals surface area contributed by atoms with E-state index in [4.69, 9.17) is 0 Å². The van der Waals surface area contributed by atoms with Crippen molar-refractivity contribution in [2.45, 2.75) is 46.6 Å². The van der Waals surface area contributed by atoms with Crippen LogP contribution in [0.25, 0.3) is 11.6 Å². The molecule has 2 aliphatic rings. The van der Waals surface area contributed by atoms with E-state index in [0.717, 1.165) is 39.4 Å². The van der Waals surface area contributed by atoms with Gasteiger partial charge in [0.05, 0.1) is 11.2 Å². The fourth-order valence-electron chi connectivity index (χ4n) is 4.84. The molecule has 1 fully saturated rings. The lowest BCUT2D eigenvalue weighted by molar-refractivity contribution is -0.122. The van der Waals surface area contributed by atoms with Gasteiger partial charge < -0.3 is 4.90 Å². The molecule has 0 aliphatic carbocycles. The third-order valence-electron chi connectivity index (χ3n) is 6.34. The highest BCUT2D eigenvalue weighted by Crippen LogP contribution is 2.39. The molecule has 1 N–H and O–H groups in total. The van der Waals surface area contributed by atoms with Crippen LogP contribution in [0, 0.1) is 0 Å². The maximum atomic E-state index is 13.3. The number of likely N-dealkylation sites (N-methyl/N-ethyl adjacent to an activating group) is 1. The lowest BCUT2D eigenvalue weighted by Gasteiger charge is -2.42. The first-order valence-corrected chi connectivity index (χ1v) is 11.3. The van der Waals surface area contributed by atoms with Crippen molar-refractivity contribution in [2.24, 2.45) is 0 Å². The molecule has 2 aliphatic heterocycles. The molecular formula is C27H29N3O3. The standard InChI is InChI=1S/C27H29N3O3/c1-6-19-10-8-9-11-22(19)30-25(32)21(24(31)28-26(30)33)15-18-12-13-23-20(14-18)17(3)16-27(4,5)29(23)7-2/h8-16H,6-7H2,1-5H3,(H,28,31,33)/b21-15+. The van der Waals surface area contributed by atoms with Crippen LogP contribution in [0.5, 0.6) is 0 Å². The van der Waals surface area contributed by atoms with Crippen LogP contribution in [0.15, 0.2) is 54.1 Å². The largest absolute Gasteiger partial charge is 0.363 e. The van der Waals surface area contributed by atoms with Gasteiger partial charge in [-0.05, 0) is 75.1 Å². The van der Waals surface area contributed by atoms with Gasteiger partial charge in [-0.25, -0.2) is 9.69 Å². The summed E-state index contributed by atoms with van der Waals surface area (Å²) in [5.74, 6) is -1.30. The predicted octanol–water partition coefficient (Wildman–Crippen LogP) is 4.94. The number of aryl methyl sites for hydroxylation is 1. The first-order valence-electron chi connectivity index (χ1n) is 11.3. The van der Waals surface area contributed by atoms with Crippen molar-refractivity contribution in [1.82, 2.24) is 5.32 Å². The zero-order chi connectivity index (χ0) is 23.9. The Morgan fingerprint density at radius 3 is 2.42 bits per heavy atom. The van der Waals surface area contributed by atoms with E-state index in [1.165, 1.54) is 0 Å². The minimum Gasteiger partial charge on any atom is -0.363 e. The van der Waals surface area contributed by atoms with Crippen LogP contribution in [0.2, 0.25) is 0 Å². The number of hydrogen-bond donors (Lipinski definition) is 1. The van der Waals surface area contributed by atoms with Gasteiger partial charge in [-0.3, -0.25) is 14.9 Å². The second-order valence-corrected chi connectivity index (χ2v) is 8.94. The van der Waals surface area contributed by atoms with Gasteiger partial charge in [-0.1, -0.05) is 37.3 Å². The molecule has 0 spiro atoms. The van der Waals surface area contributed by atoms with Crippen LogP contribution in [0.4, 0.5) is 16.2 Å². The number of carbonyl (C=O) groups is 3. The number of nitrogens with zero attached hydrogens (tertiary/aromatic N) is 2. The fourth-order valence-corrected chi connectivity index (χ4v) is 4.84. The molecular weight excluding hydrogens is 414 g/mol. The Bertz CT molecular complexity index is 1220. The molecule has 2 aromatic carbocycles. The zero-order valence-electron chi connectivity index (χ0n) is 19.7. The summed E-state index contributed by atoms with van der Waals surface area (Å²) in [5.41, 5.74) is 5.25. The van der Waals surface area contributed by atoms with Gasteiger partial charge in [0.25, 0.3) is 11.8 Å². The second kappa shape index (κ2) is 8.35. The Labute approximate surface area is 194 Å². The number of amides is 4. The number of benzene rings is 2. The number of hydrogen-bond acceptors (Lipinski definition) is 4. The third-order valence-corrected chi connectivity index (χ3v) is 6.34. The highest BCUT2D eigenvalue weighted by molar-refractivity contribution is 6.39. The lowest BCUT2D eigenvalue weighted by Crippen LogP contribution is -2.54. The topological polar surface area (TPSA) is 69.7 Å². The Kier molecular flexibility index (Phi) is 5.70. The normalized spacial score (nSPS) is 18.9. The van der Waals surface area contributed by atoms with Crippen molar-refractivity contribution >= 4 is 40.9 Å². The average Bonchev–Trinajstić information content (AvgIpc) is 2.77. The molecule has 1 saturated heterocycles. The number of urea groups is 1. The first-order chi connectivity index (χ1) is 15.7. The number of carbonyl (C=O) groups excluding carboxylic acids is 3. The van der Waals surface area contributed by atoms with Gasteiger partial charge in [0.2, 0.25) is 0 Å². The van der Waals surface area contributed by atoms with Gasteiger partial charge in [0.15, 0.2) is 0 Å². The van der Waals surface area contributed by atoms with Crippen molar-refractivity contribution in [3.63, 3.8) is 0 Å². The van der Waals surface area contributed by atoms with Crippen LogP contribution in [0.3, 0.4) is 0 Å². The van der Waals surface area contributed by atoms with E-state index < -0.39 is 17.8 Å². The summed E-state index contributed by atoms with van der Waals surface area (Å²) in [4.78, 5) is 41.9. The summed E-state index contributed by atoms with van der Waals surface area (Å²) >= 11 is 0. The lowest BCUT2D eigenvalue weighted by atomic mass is 9.88. The Morgan fingerprint density at radius 2 is 1.73 bits per heavy atom. The molecule has 0 aromatic heterocycles. The molecule has 4 amide bonds. The van der Waals surface area contributed by atoms with E-state index in [1.54, 1.807) is 18.2 Å². The van der Waals surface area contributed by atoms with Crippen LogP contribution >= 0.6 is 0 Å². The number of fused-ring (bicyclic) bond motifs is 1. The molecule has 0 atom stereocenters. The van der Waals surface area contributed by atoms with E-state index in [9.17, 15) is 14.4 Å². The van der Waals surface area contributed by atoms with Crippen LogP contribution < -0.4 is 15.1 Å². The molecule has 0 saturated carbocycles. The number of anilines is 2. The zero-order valence-corrected chi connectivity index (χ0v) is 19.7. The van der Waals surface area contributed by atoms with Gasteiger partial charge in [-0.2, -0.15) is 0 Å². The number of allylic oxidation sites excluding steroid dienone is 1. The van der Waals surface area contributed by atoms with Gasteiger partial charge >= 0.3 is 6.03 Å². The SMILES string of the molecule is CCc1ccccc1N1C(=O)NC(=O)/C(=C\c2ccc3c(c2)C(C)=CC(C)(C)N3CC)C1=O. The maximum absolute atomic E-state index is 13.3. The fraction of sp³-hybridized carbons (Fsp3) is 0.296. The molecule has 0 radical (unpaired) electrons. The van der Waals surface area contributed by atoms with Crippen molar-refractivity contribution in [2.75, 3.05) is 16.3 Å². The number of barbiturate groups is 1. The van der Waals surface area contributed by atoms with Gasteiger partial charge in [0, 0.05) is 17.8 Å². The van der Waals surface area contributed by atoms with E-state index in [1.807, 2.05) is 37.3 Å². The molecule has 33 heavy (non-hydrogen) atoms. The summed E-state index contributed by atoms with van der Waals surface area (Å²) in [6, 6.07) is 12.4. The molecule has 2 aromatic rings. The summed E-state index contributed by atoms with van der Waals surface area (Å²) in [7, 11) is 0. The molecule has 2 heterocycles. The van der Waals surface area contributed by atoms with E-state index >= 15 is 0 Å². The maximum Gasteiger partial charge on any atom is 0.335 e. The van der Waals surface area contributed by atoms with Crippen molar-refractivity contribution < 1.29 is 14.4 Å². The number of nitrogens with one attached hydrogen (secondary N) is 1. The molecule has 0 unspecified atom stereocenters. The minimum atomic E-state index is -0.729. The predicted molar refractivity (Wildman–Crippen MR) is 132 cm³/mol. The molecule has 0 bridgehead atoms. The number of imide groups is 2. The Morgan fingerprint density at radius 1 is 1.00 bits per heavy atom. The summed E-state index contributed by atoms with van der Waals surface area (Å²) in [6.07, 6.45) is 4.45. The van der Waals surface area contributed by atoms with Gasteiger partial charge in [-0.15, -0.1) is 0 Å². The Hall–Kier alpha value is -3.67. The van der Waals surface area contributed by atoms with E-state index in [-0.39, 0.29) is 11.1 Å². The first kappa shape index (κ1) is 22.5. The van der Waals surface area contributed by atoms with Gasteiger partial charge in [0.1, 0.15) is 5.57 Å². The number of rotatable bonds is 4. The second-order valence-electron chi connectivity index (χ2n) is 8.94. The third kappa shape index (κ3) is 3.86. The van der Waals surface area contributed by atoms with Crippen molar-refractivity contribution in [1.29, 1.82) is 0 Å². The molecule has 6 nitrogen and oxygen atoms in total. The highest BCUT2D eigenvalue weighted by atomic mass is 16.2. The summed E-state index contributed by atoms with van der Waals surface area (Å²) in [5, 5.41) is 2.32. The minimum absolute atomic E-state index is 0.0643. The number of para-hydroxylation sites is 1. The van der Waals surface area contributed by atoms with Crippen LogP contribution in [0.1, 0.15) is 51.3 Å². The quantitative estimate of drug-likeness (QED) is 0.537. The molecule has 6 heteroatoms.